The van der Waals surface area contributed by atoms with Gasteiger partial charge in [-0.3, -0.25) is 4.79 Å². The number of carbonyl (C=O) groups excluding carboxylic acids is 2. The lowest BCUT2D eigenvalue weighted by molar-refractivity contribution is -0.158. The van der Waals surface area contributed by atoms with Crippen LogP contribution in [0.1, 0.15) is 54.4 Å². The summed E-state index contributed by atoms with van der Waals surface area (Å²) in [5.74, 6) is -2.65. The highest BCUT2D eigenvalue weighted by atomic mass is 16.6. The molecule has 7 nitrogen and oxygen atoms in total. The molecule has 0 saturated carbocycles. The maximum absolute atomic E-state index is 12.3. The Bertz CT molecular complexity index is 472. The third-order valence-electron chi connectivity index (χ3n) is 2.70. The molecule has 0 aliphatic rings. The molecule has 2 N–H and O–H groups in total. The van der Waals surface area contributed by atoms with Gasteiger partial charge in [-0.15, -0.1) is 6.58 Å². The van der Waals surface area contributed by atoms with Gasteiger partial charge in [0, 0.05) is 0 Å². The van der Waals surface area contributed by atoms with Gasteiger partial charge in [-0.1, -0.05) is 6.08 Å². The van der Waals surface area contributed by atoms with E-state index in [-0.39, 0.29) is 12.8 Å². The molecule has 0 unspecified atom stereocenters. The Labute approximate surface area is 143 Å². The Balaban J connectivity index is 5.20. The van der Waals surface area contributed by atoms with Gasteiger partial charge in [-0.2, -0.15) is 0 Å². The summed E-state index contributed by atoms with van der Waals surface area (Å²) in [5.41, 5.74) is -1.50. The van der Waals surface area contributed by atoms with Gasteiger partial charge in [-0.05, 0) is 54.4 Å². The van der Waals surface area contributed by atoms with Crippen molar-refractivity contribution in [1.29, 1.82) is 0 Å². The van der Waals surface area contributed by atoms with Crippen LogP contribution in [0.25, 0.3) is 0 Å². The van der Waals surface area contributed by atoms with Crippen molar-refractivity contribution in [2.75, 3.05) is 0 Å². The van der Waals surface area contributed by atoms with Gasteiger partial charge >= 0.3 is 18.0 Å². The zero-order valence-electron chi connectivity index (χ0n) is 15.3. The molecule has 7 heteroatoms. The molecule has 0 spiro atoms. The van der Waals surface area contributed by atoms with Crippen molar-refractivity contribution in [1.82, 2.24) is 5.32 Å². The largest absolute Gasteiger partial charge is 0.481 e. The quantitative estimate of drug-likeness (QED) is 0.544. The summed E-state index contributed by atoms with van der Waals surface area (Å²) in [5, 5.41) is 11.7. The summed E-state index contributed by atoms with van der Waals surface area (Å²) >= 11 is 0. The fraction of sp³-hybridized carbons (Fsp3) is 0.706. The summed E-state index contributed by atoms with van der Waals surface area (Å²) in [4.78, 5) is 35.6. The van der Waals surface area contributed by atoms with Gasteiger partial charge in [0.15, 0.2) is 0 Å². The first-order valence-electron chi connectivity index (χ1n) is 7.81. The van der Waals surface area contributed by atoms with Gasteiger partial charge in [-0.25, -0.2) is 9.59 Å². The van der Waals surface area contributed by atoms with Crippen LogP contribution in [0.5, 0.6) is 0 Å². The van der Waals surface area contributed by atoms with E-state index < -0.39 is 41.2 Å². The summed E-state index contributed by atoms with van der Waals surface area (Å²) < 4.78 is 10.4. The van der Waals surface area contributed by atoms with E-state index in [1.54, 1.807) is 41.5 Å². The Morgan fingerprint density at radius 2 is 1.58 bits per heavy atom. The number of carboxylic acid groups (broad SMARTS) is 1. The van der Waals surface area contributed by atoms with Crippen LogP contribution in [0, 0.1) is 5.92 Å². The van der Waals surface area contributed by atoms with Crippen LogP contribution in [-0.2, 0) is 19.1 Å². The molecule has 1 amide bonds. The van der Waals surface area contributed by atoms with Gasteiger partial charge in [0.1, 0.15) is 17.2 Å². The van der Waals surface area contributed by atoms with Gasteiger partial charge in [0.25, 0.3) is 0 Å². The van der Waals surface area contributed by atoms with Crippen LogP contribution in [0.3, 0.4) is 0 Å². The van der Waals surface area contributed by atoms with Crippen molar-refractivity contribution in [2.24, 2.45) is 5.92 Å². The monoisotopic (exact) mass is 343 g/mol. The molecule has 0 aliphatic heterocycles. The summed E-state index contributed by atoms with van der Waals surface area (Å²) in [6.07, 6.45) is 0.708. The minimum Gasteiger partial charge on any atom is -0.481 e. The van der Waals surface area contributed by atoms with Crippen LogP contribution in [0.2, 0.25) is 0 Å². The predicted octanol–water partition coefficient (Wildman–Crippen LogP) is 2.89. The smallest absolute Gasteiger partial charge is 0.408 e. The number of allylic oxidation sites excluding steroid dienone is 1. The standard InChI is InChI=1S/C17H29NO6/c1-8-9-11(13(19)20)10-12(14(21)23-16(2,3)4)18-15(22)24-17(5,6)7/h8,11-12H,1,9-10H2,2-7H3,(H,18,22)(H,19,20)/t11-,12+/m1/s1. The van der Waals surface area contributed by atoms with Crippen molar-refractivity contribution in [2.45, 2.75) is 71.6 Å². The third kappa shape index (κ3) is 9.86. The second-order valence-electron chi connectivity index (χ2n) is 7.53. The van der Waals surface area contributed by atoms with Gasteiger partial charge in [0.05, 0.1) is 5.92 Å². The molecule has 0 aliphatic carbocycles. The number of rotatable bonds is 7. The molecule has 0 rings (SSSR count). The molecule has 0 bridgehead atoms. The fourth-order valence-corrected chi connectivity index (χ4v) is 1.82. The number of hydrogen-bond acceptors (Lipinski definition) is 5. The SMILES string of the molecule is C=CC[C@H](C[C@H](NC(=O)OC(C)(C)C)C(=O)OC(C)(C)C)C(=O)O. The highest BCUT2D eigenvalue weighted by molar-refractivity contribution is 5.82. The van der Waals surface area contributed by atoms with Crippen molar-refractivity contribution < 1.29 is 29.0 Å². The number of ether oxygens (including phenoxy) is 2. The second-order valence-corrected chi connectivity index (χ2v) is 7.53. The minimum absolute atomic E-state index is 0.116. The lowest BCUT2D eigenvalue weighted by Crippen LogP contribution is -2.47. The molecular formula is C17H29NO6. The maximum atomic E-state index is 12.3. The predicted molar refractivity (Wildman–Crippen MR) is 89.6 cm³/mol. The molecule has 0 fully saturated rings. The average Bonchev–Trinajstić information content (AvgIpc) is 2.32. The zero-order chi connectivity index (χ0) is 19.1. The van der Waals surface area contributed by atoms with Crippen molar-refractivity contribution in [3.63, 3.8) is 0 Å². The Kier molecular flexibility index (Phi) is 7.96. The molecule has 0 radical (unpaired) electrons. The van der Waals surface area contributed by atoms with E-state index in [0.717, 1.165) is 0 Å². The first kappa shape index (κ1) is 21.9. The van der Waals surface area contributed by atoms with Gasteiger partial charge in [0.2, 0.25) is 0 Å². The number of carbonyl (C=O) groups is 3. The van der Waals surface area contributed by atoms with E-state index in [0.29, 0.717) is 0 Å². The summed E-state index contributed by atoms with van der Waals surface area (Å²) in [6.45, 7) is 13.6. The van der Waals surface area contributed by atoms with Gasteiger partial charge < -0.3 is 19.9 Å². The molecule has 0 aromatic carbocycles. The van der Waals surface area contributed by atoms with Crippen molar-refractivity contribution in [3.8, 4) is 0 Å². The number of aliphatic carboxylic acids is 1. The summed E-state index contributed by atoms with van der Waals surface area (Å²) in [6, 6.07) is -1.12. The number of carboxylic acids is 1. The molecule has 24 heavy (non-hydrogen) atoms. The molecule has 0 saturated heterocycles. The molecular weight excluding hydrogens is 314 g/mol. The number of nitrogens with one attached hydrogen (secondary N) is 1. The topological polar surface area (TPSA) is 102 Å². The number of esters is 1. The highest BCUT2D eigenvalue weighted by Gasteiger charge is 2.32. The van der Waals surface area contributed by atoms with Crippen molar-refractivity contribution in [3.05, 3.63) is 12.7 Å². The van der Waals surface area contributed by atoms with E-state index >= 15 is 0 Å². The van der Waals surface area contributed by atoms with E-state index in [9.17, 15) is 19.5 Å². The highest BCUT2D eigenvalue weighted by Crippen LogP contribution is 2.17. The molecule has 0 heterocycles. The van der Waals surface area contributed by atoms with Crippen LogP contribution < -0.4 is 5.32 Å². The number of alkyl carbamates (subject to hydrolysis) is 1. The lowest BCUT2D eigenvalue weighted by atomic mass is 9.96. The normalized spacial score (nSPS) is 14.2. The second kappa shape index (κ2) is 8.70. The zero-order valence-corrected chi connectivity index (χ0v) is 15.3. The molecule has 138 valence electrons. The van der Waals surface area contributed by atoms with Crippen molar-refractivity contribution >= 4 is 18.0 Å². The molecule has 2 atom stereocenters. The first-order chi connectivity index (χ1) is 10.7. The van der Waals surface area contributed by atoms with E-state index in [4.69, 9.17) is 9.47 Å². The van der Waals surface area contributed by atoms with Crippen LogP contribution in [0.4, 0.5) is 4.79 Å². The van der Waals surface area contributed by atoms with E-state index in [1.165, 1.54) is 6.08 Å². The molecule has 0 aromatic rings. The lowest BCUT2D eigenvalue weighted by Gasteiger charge is -2.27. The maximum Gasteiger partial charge on any atom is 0.408 e. The van der Waals surface area contributed by atoms with Crippen LogP contribution >= 0.6 is 0 Å². The van der Waals surface area contributed by atoms with E-state index in [2.05, 4.69) is 11.9 Å². The average molecular weight is 343 g/mol. The third-order valence-corrected chi connectivity index (χ3v) is 2.70. The van der Waals surface area contributed by atoms with Crippen LogP contribution in [-0.4, -0.2) is 40.4 Å². The molecule has 0 aromatic heterocycles. The minimum atomic E-state index is -1.12. The summed E-state index contributed by atoms with van der Waals surface area (Å²) in [7, 11) is 0. The fourth-order valence-electron chi connectivity index (χ4n) is 1.82. The first-order valence-corrected chi connectivity index (χ1v) is 7.81. The Morgan fingerprint density at radius 1 is 1.08 bits per heavy atom. The number of amides is 1. The van der Waals surface area contributed by atoms with Crippen LogP contribution in [0.15, 0.2) is 12.7 Å². The number of hydrogen-bond donors (Lipinski definition) is 2. The Morgan fingerprint density at radius 3 is 1.96 bits per heavy atom. The Hall–Kier alpha value is -2.05. The van der Waals surface area contributed by atoms with E-state index in [1.807, 2.05) is 0 Å².